The van der Waals surface area contributed by atoms with Gasteiger partial charge in [-0.05, 0) is 26.7 Å². The minimum absolute atomic E-state index is 0.860. The Labute approximate surface area is 100 Å². The Morgan fingerprint density at radius 1 is 1.24 bits per heavy atom. The Hall–Kier alpha value is -1.65. The second kappa shape index (κ2) is 3.98. The van der Waals surface area contributed by atoms with E-state index in [4.69, 9.17) is 0 Å². The molecule has 0 spiro atoms. The van der Waals surface area contributed by atoms with Crippen molar-refractivity contribution in [3.05, 3.63) is 12.0 Å². The van der Waals surface area contributed by atoms with Crippen molar-refractivity contribution in [2.45, 2.75) is 33.2 Å². The van der Waals surface area contributed by atoms with Gasteiger partial charge in [0.1, 0.15) is 17.4 Å². The fourth-order valence-corrected chi connectivity index (χ4v) is 2.54. The van der Waals surface area contributed by atoms with Crippen molar-refractivity contribution < 1.29 is 0 Å². The zero-order chi connectivity index (χ0) is 11.8. The number of hydrogen-bond donors (Lipinski definition) is 0. The highest BCUT2D eigenvalue weighted by Crippen LogP contribution is 2.27. The minimum Gasteiger partial charge on any atom is -0.355 e. The Morgan fingerprint density at radius 2 is 2.00 bits per heavy atom. The molecule has 0 atom stereocenters. The van der Waals surface area contributed by atoms with Crippen LogP contribution in [-0.2, 0) is 6.54 Å². The number of nitrogens with zero attached hydrogens (tertiary/aromatic N) is 5. The summed E-state index contributed by atoms with van der Waals surface area (Å²) in [5.74, 6) is 1.05. The fourth-order valence-electron chi connectivity index (χ4n) is 2.54. The molecule has 0 bridgehead atoms. The summed E-state index contributed by atoms with van der Waals surface area (Å²) in [4.78, 5) is 11.2. The van der Waals surface area contributed by atoms with Crippen molar-refractivity contribution in [1.29, 1.82) is 0 Å². The molecule has 1 saturated heterocycles. The van der Waals surface area contributed by atoms with E-state index >= 15 is 0 Å². The van der Waals surface area contributed by atoms with Gasteiger partial charge < -0.3 is 4.90 Å². The minimum atomic E-state index is 0.860. The zero-order valence-electron chi connectivity index (χ0n) is 10.3. The molecule has 1 aliphatic rings. The highest BCUT2D eigenvalue weighted by Gasteiger charge is 2.20. The zero-order valence-corrected chi connectivity index (χ0v) is 10.3. The molecule has 0 N–H and O–H groups in total. The third-order valence-corrected chi connectivity index (χ3v) is 3.38. The smallest absolute Gasteiger partial charge is 0.158 e. The van der Waals surface area contributed by atoms with Gasteiger partial charge in [-0.25, -0.2) is 9.97 Å². The number of rotatable bonds is 2. The van der Waals surface area contributed by atoms with Gasteiger partial charge in [-0.1, -0.05) is 0 Å². The average Bonchev–Trinajstić information content (AvgIpc) is 2.97. The normalized spacial score (nSPS) is 16.0. The van der Waals surface area contributed by atoms with E-state index in [1.54, 1.807) is 6.33 Å². The molecule has 0 aliphatic carbocycles. The van der Waals surface area contributed by atoms with Crippen LogP contribution in [0.3, 0.4) is 0 Å². The highest BCUT2D eigenvalue weighted by molar-refractivity contribution is 5.87. The van der Waals surface area contributed by atoms with Gasteiger partial charge in [0.25, 0.3) is 0 Å². The molecule has 3 rings (SSSR count). The molecule has 0 amide bonds. The van der Waals surface area contributed by atoms with Crippen LogP contribution in [0.15, 0.2) is 6.33 Å². The number of anilines is 1. The largest absolute Gasteiger partial charge is 0.355 e. The van der Waals surface area contributed by atoms with Crippen molar-refractivity contribution in [1.82, 2.24) is 19.7 Å². The lowest BCUT2D eigenvalue weighted by Gasteiger charge is -2.17. The van der Waals surface area contributed by atoms with Gasteiger partial charge in [0.05, 0.1) is 5.69 Å². The topological polar surface area (TPSA) is 46.8 Å². The van der Waals surface area contributed by atoms with Crippen LogP contribution in [0.5, 0.6) is 0 Å². The molecule has 0 unspecified atom stereocenters. The van der Waals surface area contributed by atoms with Gasteiger partial charge in [-0.15, -0.1) is 0 Å². The summed E-state index contributed by atoms with van der Waals surface area (Å²) in [6.45, 7) is 7.17. The van der Waals surface area contributed by atoms with Crippen LogP contribution in [0.25, 0.3) is 11.0 Å². The SMILES string of the molecule is CCn1nc(C)c2ncnc(N3CCCC3)c21. The van der Waals surface area contributed by atoms with E-state index in [9.17, 15) is 0 Å². The van der Waals surface area contributed by atoms with E-state index in [1.165, 1.54) is 12.8 Å². The van der Waals surface area contributed by atoms with E-state index in [0.29, 0.717) is 0 Å². The van der Waals surface area contributed by atoms with Crippen molar-refractivity contribution in [2.24, 2.45) is 0 Å². The van der Waals surface area contributed by atoms with E-state index in [1.807, 2.05) is 11.6 Å². The van der Waals surface area contributed by atoms with Gasteiger partial charge in [-0.2, -0.15) is 5.10 Å². The quantitative estimate of drug-likeness (QED) is 0.790. The van der Waals surface area contributed by atoms with E-state index in [-0.39, 0.29) is 0 Å². The number of hydrogen-bond acceptors (Lipinski definition) is 4. The van der Waals surface area contributed by atoms with Crippen molar-refractivity contribution in [2.75, 3.05) is 18.0 Å². The van der Waals surface area contributed by atoms with E-state index in [0.717, 1.165) is 42.2 Å². The Kier molecular flexibility index (Phi) is 2.46. The van der Waals surface area contributed by atoms with Crippen LogP contribution in [0.1, 0.15) is 25.5 Å². The maximum absolute atomic E-state index is 4.53. The predicted molar refractivity (Wildman–Crippen MR) is 67.2 cm³/mol. The molecule has 0 saturated carbocycles. The lowest BCUT2D eigenvalue weighted by atomic mass is 10.3. The van der Waals surface area contributed by atoms with Gasteiger partial charge in [0.2, 0.25) is 0 Å². The first-order chi connectivity index (χ1) is 8.31. The third-order valence-electron chi connectivity index (χ3n) is 3.38. The molecule has 17 heavy (non-hydrogen) atoms. The molecule has 2 aromatic rings. The fraction of sp³-hybridized carbons (Fsp3) is 0.583. The van der Waals surface area contributed by atoms with E-state index < -0.39 is 0 Å². The first kappa shape index (κ1) is 10.5. The maximum Gasteiger partial charge on any atom is 0.158 e. The van der Waals surface area contributed by atoms with Gasteiger partial charge in [0, 0.05) is 19.6 Å². The van der Waals surface area contributed by atoms with Gasteiger partial charge in [0.15, 0.2) is 5.82 Å². The summed E-state index contributed by atoms with van der Waals surface area (Å²) in [7, 11) is 0. The second-order valence-electron chi connectivity index (χ2n) is 4.49. The standard InChI is InChI=1S/C12H17N5/c1-3-17-11-10(9(2)15-17)13-8-14-12(11)16-6-4-5-7-16/h8H,3-7H2,1-2H3. The molecular weight excluding hydrogens is 214 g/mol. The Bertz CT molecular complexity index is 539. The van der Waals surface area contributed by atoms with Crippen LogP contribution >= 0.6 is 0 Å². The van der Waals surface area contributed by atoms with Crippen molar-refractivity contribution in [3.8, 4) is 0 Å². The molecule has 5 nitrogen and oxygen atoms in total. The Morgan fingerprint density at radius 3 is 2.71 bits per heavy atom. The second-order valence-corrected chi connectivity index (χ2v) is 4.49. The first-order valence-corrected chi connectivity index (χ1v) is 6.24. The molecule has 90 valence electrons. The molecular formula is C12H17N5. The number of aryl methyl sites for hydroxylation is 2. The lowest BCUT2D eigenvalue weighted by Crippen LogP contribution is -2.20. The number of aromatic nitrogens is 4. The van der Waals surface area contributed by atoms with E-state index in [2.05, 4.69) is 26.9 Å². The Balaban J connectivity index is 2.22. The van der Waals surface area contributed by atoms with Gasteiger partial charge >= 0.3 is 0 Å². The van der Waals surface area contributed by atoms with Crippen LogP contribution in [0, 0.1) is 6.92 Å². The highest BCUT2D eigenvalue weighted by atomic mass is 15.3. The van der Waals surface area contributed by atoms with Crippen molar-refractivity contribution >= 4 is 16.9 Å². The summed E-state index contributed by atoms with van der Waals surface area (Å²) in [6.07, 6.45) is 4.17. The molecule has 2 aromatic heterocycles. The maximum atomic E-state index is 4.53. The summed E-state index contributed by atoms with van der Waals surface area (Å²) < 4.78 is 2.01. The lowest BCUT2D eigenvalue weighted by molar-refractivity contribution is 0.674. The average molecular weight is 231 g/mol. The summed E-state index contributed by atoms with van der Waals surface area (Å²) in [5, 5.41) is 4.53. The first-order valence-electron chi connectivity index (χ1n) is 6.24. The molecule has 1 fully saturated rings. The monoisotopic (exact) mass is 231 g/mol. The number of fused-ring (bicyclic) bond motifs is 1. The predicted octanol–water partition coefficient (Wildman–Crippen LogP) is 1.75. The molecule has 1 aliphatic heterocycles. The summed E-state index contributed by atoms with van der Waals surface area (Å²) >= 11 is 0. The van der Waals surface area contributed by atoms with Gasteiger partial charge in [-0.3, -0.25) is 4.68 Å². The van der Waals surface area contributed by atoms with Crippen LogP contribution in [-0.4, -0.2) is 32.8 Å². The molecule has 3 heterocycles. The molecule has 5 heteroatoms. The van der Waals surface area contributed by atoms with Crippen molar-refractivity contribution in [3.63, 3.8) is 0 Å². The van der Waals surface area contributed by atoms with Crippen LogP contribution < -0.4 is 4.90 Å². The summed E-state index contributed by atoms with van der Waals surface area (Å²) in [6, 6.07) is 0. The third kappa shape index (κ3) is 1.57. The van der Waals surface area contributed by atoms with Crippen LogP contribution in [0.4, 0.5) is 5.82 Å². The molecule has 0 radical (unpaired) electrons. The summed E-state index contributed by atoms with van der Waals surface area (Å²) in [5.41, 5.74) is 3.07. The van der Waals surface area contributed by atoms with Crippen LogP contribution in [0.2, 0.25) is 0 Å². The molecule has 0 aromatic carbocycles.